The van der Waals surface area contributed by atoms with Crippen molar-refractivity contribution in [2.75, 3.05) is 45.4 Å². The first-order valence-electron chi connectivity index (χ1n) is 10.8. The van der Waals surface area contributed by atoms with Crippen LogP contribution in [0.5, 0.6) is 0 Å². The van der Waals surface area contributed by atoms with Crippen LogP contribution in [0, 0.1) is 16.0 Å². The molecular weight excluding hydrogens is 446 g/mol. The average molecular weight is 478 g/mol. The predicted octanol–water partition coefficient (Wildman–Crippen LogP) is 3.44. The molecule has 0 N–H and O–H groups in total. The third-order valence-electron chi connectivity index (χ3n) is 5.11. The van der Waals surface area contributed by atoms with Gasteiger partial charge in [-0.3, -0.25) is 19.9 Å². The van der Waals surface area contributed by atoms with Crippen LogP contribution in [0.15, 0.2) is 40.5 Å². The molecule has 0 spiro atoms. The lowest BCUT2D eigenvalue weighted by molar-refractivity contribution is -0.384. The summed E-state index contributed by atoms with van der Waals surface area (Å²) in [6.45, 7) is 6.29. The second-order valence-corrected chi connectivity index (χ2v) is 8.85. The first kappa shape index (κ1) is 26.5. The topological polar surface area (TPSA) is 111 Å². The van der Waals surface area contributed by atoms with Gasteiger partial charge >= 0.3 is 11.9 Å². The lowest BCUT2D eigenvalue weighted by Crippen LogP contribution is -2.37. The van der Waals surface area contributed by atoms with Crippen LogP contribution in [0.3, 0.4) is 0 Å². The Hall–Kier alpha value is -2.72. The number of aliphatic imine (C=N–C) groups is 1. The molecule has 0 amide bonds. The lowest BCUT2D eigenvalue weighted by Gasteiger charge is -2.32. The zero-order valence-corrected chi connectivity index (χ0v) is 20.5. The number of ether oxygens (including phenoxy) is 2. The standard InChI is InChI=1S/C23H31N3O6S/c1-6-31-22(27)19-15(3)24-18(14-33-12-11-25(4)5)21(23(28)32-7-2)20(19)16-9-8-10-17(13-16)26(29)30/h8-10,13,19-20H,6-7,11-12,14H2,1-5H3. The molecule has 2 atom stereocenters. The second-order valence-electron chi connectivity index (χ2n) is 7.75. The molecule has 0 aliphatic carbocycles. The van der Waals surface area contributed by atoms with Crippen molar-refractivity contribution in [2.24, 2.45) is 10.9 Å². The van der Waals surface area contributed by atoms with E-state index in [1.165, 1.54) is 12.1 Å². The number of benzene rings is 1. The normalized spacial score (nSPS) is 18.2. The van der Waals surface area contributed by atoms with Gasteiger partial charge in [0, 0.05) is 41.8 Å². The Morgan fingerprint density at radius 3 is 2.52 bits per heavy atom. The zero-order chi connectivity index (χ0) is 24.5. The molecule has 9 nitrogen and oxygen atoms in total. The smallest absolute Gasteiger partial charge is 0.336 e. The number of esters is 2. The summed E-state index contributed by atoms with van der Waals surface area (Å²) in [6.07, 6.45) is 0. The van der Waals surface area contributed by atoms with Gasteiger partial charge in [0.15, 0.2) is 0 Å². The Morgan fingerprint density at radius 2 is 1.91 bits per heavy atom. The molecule has 1 heterocycles. The van der Waals surface area contributed by atoms with Crippen molar-refractivity contribution in [3.05, 3.63) is 51.2 Å². The van der Waals surface area contributed by atoms with E-state index in [-0.39, 0.29) is 24.5 Å². The summed E-state index contributed by atoms with van der Waals surface area (Å²) in [7, 11) is 3.96. The van der Waals surface area contributed by atoms with Crippen LogP contribution < -0.4 is 0 Å². The van der Waals surface area contributed by atoms with Gasteiger partial charge in [0.05, 0.1) is 29.4 Å². The van der Waals surface area contributed by atoms with Gasteiger partial charge in [0.1, 0.15) is 5.92 Å². The van der Waals surface area contributed by atoms with Crippen molar-refractivity contribution < 1.29 is 24.0 Å². The third-order valence-corrected chi connectivity index (χ3v) is 6.06. The molecule has 2 rings (SSSR count). The zero-order valence-electron chi connectivity index (χ0n) is 19.7. The van der Waals surface area contributed by atoms with E-state index in [4.69, 9.17) is 9.47 Å². The van der Waals surface area contributed by atoms with E-state index in [2.05, 4.69) is 9.89 Å². The maximum Gasteiger partial charge on any atom is 0.336 e. The molecule has 0 fully saturated rings. The monoisotopic (exact) mass is 477 g/mol. The van der Waals surface area contributed by atoms with Crippen molar-refractivity contribution in [3.63, 3.8) is 0 Å². The predicted molar refractivity (Wildman–Crippen MR) is 129 cm³/mol. The van der Waals surface area contributed by atoms with E-state index in [9.17, 15) is 19.7 Å². The van der Waals surface area contributed by atoms with E-state index in [0.717, 1.165) is 12.3 Å². The molecular formula is C23H31N3O6S. The Morgan fingerprint density at radius 1 is 1.21 bits per heavy atom. The number of carbonyl (C=O) groups excluding carboxylic acids is 2. The summed E-state index contributed by atoms with van der Waals surface area (Å²) in [5.41, 5.74) is 1.61. The first-order valence-corrected chi connectivity index (χ1v) is 11.9. The highest BCUT2D eigenvalue weighted by Gasteiger charge is 2.43. The van der Waals surface area contributed by atoms with Crippen LogP contribution in [-0.4, -0.2) is 72.8 Å². The summed E-state index contributed by atoms with van der Waals surface area (Å²) in [4.78, 5) is 43.7. The molecule has 0 radical (unpaired) electrons. The van der Waals surface area contributed by atoms with Crippen molar-refractivity contribution in [3.8, 4) is 0 Å². The SMILES string of the molecule is CCOC(=O)C1=C(CSCCN(C)C)N=C(C)C(C(=O)OCC)C1c1cccc([N+](=O)[O-])c1. The minimum Gasteiger partial charge on any atom is -0.465 e. The van der Waals surface area contributed by atoms with E-state index >= 15 is 0 Å². The highest BCUT2D eigenvalue weighted by Crippen LogP contribution is 2.41. The van der Waals surface area contributed by atoms with Gasteiger partial charge < -0.3 is 14.4 Å². The van der Waals surface area contributed by atoms with E-state index in [1.54, 1.807) is 44.7 Å². The minimum absolute atomic E-state index is 0.125. The number of nitrogens with zero attached hydrogens (tertiary/aromatic N) is 3. The number of hydrogen-bond donors (Lipinski definition) is 0. The summed E-state index contributed by atoms with van der Waals surface area (Å²) < 4.78 is 10.6. The molecule has 180 valence electrons. The fourth-order valence-electron chi connectivity index (χ4n) is 3.64. The number of non-ortho nitro benzene ring substituents is 1. The number of rotatable bonds is 11. The van der Waals surface area contributed by atoms with Crippen molar-refractivity contribution >= 4 is 35.1 Å². The number of thioether (sulfide) groups is 1. The van der Waals surface area contributed by atoms with Gasteiger partial charge in [-0.2, -0.15) is 11.8 Å². The van der Waals surface area contributed by atoms with E-state index in [0.29, 0.717) is 22.7 Å². The molecule has 0 aromatic heterocycles. The average Bonchev–Trinajstić information content (AvgIpc) is 2.76. The maximum atomic E-state index is 13.1. The van der Waals surface area contributed by atoms with Crippen LogP contribution in [0.4, 0.5) is 5.69 Å². The molecule has 0 saturated carbocycles. The van der Waals surface area contributed by atoms with Crippen molar-refractivity contribution in [2.45, 2.75) is 26.7 Å². The van der Waals surface area contributed by atoms with Gasteiger partial charge in [-0.1, -0.05) is 12.1 Å². The van der Waals surface area contributed by atoms with Crippen LogP contribution in [-0.2, 0) is 19.1 Å². The highest BCUT2D eigenvalue weighted by atomic mass is 32.2. The summed E-state index contributed by atoms with van der Waals surface area (Å²) >= 11 is 1.62. The van der Waals surface area contributed by atoms with Gasteiger partial charge in [0.25, 0.3) is 5.69 Å². The number of nitro groups is 1. The first-order chi connectivity index (χ1) is 15.7. The van der Waals surface area contributed by atoms with Crippen LogP contribution in [0.1, 0.15) is 32.3 Å². The molecule has 1 aliphatic heterocycles. The molecule has 1 aromatic rings. The Kier molecular flexibility index (Phi) is 10.1. The largest absolute Gasteiger partial charge is 0.465 e. The maximum absolute atomic E-state index is 13.1. The molecule has 2 unspecified atom stereocenters. The minimum atomic E-state index is -0.887. The Bertz CT molecular complexity index is 944. The Balaban J connectivity index is 2.63. The Labute approximate surface area is 198 Å². The van der Waals surface area contributed by atoms with Gasteiger partial charge in [-0.25, -0.2) is 4.79 Å². The lowest BCUT2D eigenvalue weighted by atomic mass is 9.75. The van der Waals surface area contributed by atoms with Crippen molar-refractivity contribution in [1.82, 2.24) is 4.90 Å². The van der Waals surface area contributed by atoms with E-state index in [1.807, 2.05) is 14.1 Å². The van der Waals surface area contributed by atoms with Crippen LogP contribution in [0.25, 0.3) is 0 Å². The summed E-state index contributed by atoms with van der Waals surface area (Å²) in [5.74, 6) is -1.53. The number of hydrogen-bond acceptors (Lipinski definition) is 9. The van der Waals surface area contributed by atoms with Crippen LogP contribution >= 0.6 is 11.8 Å². The van der Waals surface area contributed by atoms with Gasteiger partial charge in [0.2, 0.25) is 0 Å². The molecule has 0 saturated heterocycles. The quantitative estimate of drug-likeness (QED) is 0.206. The molecule has 33 heavy (non-hydrogen) atoms. The number of nitro benzene ring substituents is 1. The van der Waals surface area contributed by atoms with Crippen LogP contribution in [0.2, 0.25) is 0 Å². The second kappa shape index (κ2) is 12.5. The molecule has 1 aliphatic rings. The fraction of sp³-hybridized carbons (Fsp3) is 0.522. The summed E-state index contributed by atoms with van der Waals surface area (Å²) in [5, 5.41) is 11.4. The number of carbonyl (C=O) groups is 2. The third kappa shape index (κ3) is 6.88. The summed E-state index contributed by atoms with van der Waals surface area (Å²) in [6, 6.07) is 5.99. The van der Waals surface area contributed by atoms with Gasteiger partial charge in [-0.05, 0) is 40.4 Å². The molecule has 0 bridgehead atoms. The van der Waals surface area contributed by atoms with E-state index < -0.39 is 28.7 Å². The van der Waals surface area contributed by atoms with Crippen molar-refractivity contribution in [1.29, 1.82) is 0 Å². The molecule has 10 heteroatoms. The fourth-order valence-corrected chi connectivity index (χ4v) is 4.69. The van der Waals surface area contributed by atoms with Gasteiger partial charge in [-0.15, -0.1) is 0 Å². The molecule has 1 aromatic carbocycles. The highest BCUT2D eigenvalue weighted by molar-refractivity contribution is 7.99.